The third kappa shape index (κ3) is 4.26. The van der Waals surface area contributed by atoms with E-state index in [1.165, 1.54) is 4.90 Å². The van der Waals surface area contributed by atoms with E-state index in [4.69, 9.17) is 16.0 Å². The van der Waals surface area contributed by atoms with Crippen molar-refractivity contribution in [3.8, 4) is 0 Å². The molecule has 0 amide bonds. The van der Waals surface area contributed by atoms with E-state index in [1.807, 2.05) is 25.1 Å². The van der Waals surface area contributed by atoms with Gasteiger partial charge in [0.05, 0.1) is 23.6 Å². The maximum absolute atomic E-state index is 5.78. The van der Waals surface area contributed by atoms with E-state index in [-0.39, 0.29) is 12.4 Å². The molecule has 2 aromatic heterocycles. The van der Waals surface area contributed by atoms with E-state index in [0.717, 1.165) is 22.9 Å². The molecule has 0 N–H and O–H groups in total. The molecule has 0 aliphatic heterocycles. The average molecular weight is 290 g/mol. The minimum Gasteiger partial charge on any atom is -0.468 e. The zero-order valence-electron chi connectivity index (χ0n) is 9.35. The smallest absolute Gasteiger partial charge is 0.113 e. The number of thioether (sulfide) groups is 1. The van der Waals surface area contributed by atoms with Crippen molar-refractivity contribution in [1.29, 1.82) is 0 Å². The fourth-order valence-electron chi connectivity index (χ4n) is 1.40. The molecule has 0 unspecified atom stereocenters. The van der Waals surface area contributed by atoms with Crippen molar-refractivity contribution in [1.82, 2.24) is 4.98 Å². The van der Waals surface area contributed by atoms with Gasteiger partial charge in [0.1, 0.15) is 5.76 Å². The monoisotopic (exact) mass is 289 g/mol. The predicted octanol–water partition coefficient (Wildman–Crippen LogP) is 4.44. The molecule has 0 saturated carbocycles. The lowest BCUT2D eigenvalue weighted by Crippen LogP contribution is -1.90. The Morgan fingerprint density at radius 2 is 2.24 bits per heavy atom. The quantitative estimate of drug-likeness (QED) is 0.615. The van der Waals surface area contributed by atoms with E-state index in [2.05, 4.69) is 11.1 Å². The Bertz CT molecular complexity index is 460. The number of nitrogens with zero attached hydrogens (tertiary/aromatic N) is 1. The lowest BCUT2D eigenvalue weighted by molar-refractivity contribution is 0.530. The van der Waals surface area contributed by atoms with E-state index < -0.39 is 0 Å². The highest BCUT2D eigenvalue weighted by Crippen LogP contribution is 2.24. The van der Waals surface area contributed by atoms with Crippen LogP contribution in [0.3, 0.4) is 0 Å². The van der Waals surface area contributed by atoms with Gasteiger partial charge in [-0.3, -0.25) is 4.98 Å². The normalized spacial score (nSPS) is 10.0. The second-order valence-electron chi connectivity index (χ2n) is 3.44. The van der Waals surface area contributed by atoms with Crippen LogP contribution < -0.4 is 0 Å². The van der Waals surface area contributed by atoms with Crippen molar-refractivity contribution in [3.05, 3.63) is 47.7 Å². The molecule has 2 heterocycles. The van der Waals surface area contributed by atoms with Gasteiger partial charge in [-0.2, -0.15) is 0 Å². The standard InChI is InChI=1S/C12H12ClNOS.ClH/c1-9-5-12(6-10(7-13)14-9)16-8-11-3-2-4-15-11;/h2-6H,7-8H2,1H3;1H. The van der Waals surface area contributed by atoms with Crippen LogP contribution in [0, 0.1) is 6.92 Å². The summed E-state index contributed by atoms with van der Waals surface area (Å²) in [7, 11) is 0. The van der Waals surface area contributed by atoms with Crippen molar-refractivity contribution in [3.63, 3.8) is 0 Å². The number of alkyl halides is 1. The number of halogens is 2. The van der Waals surface area contributed by atoms with E-state index in [1.54, 1.807) is 18.0 Å². The molecule has 0 spiro atoms. The van der Waals surface area contributed by atoms with Gasteiger partial charge in [-0.05, 0) is 31.2 Å². The first-order valence-corrected chi connectivity index (χ1v) is 6.48. The summed E-state index contributed by atoms with van der Waals surface area (Å²) in [6, 6.07) is 7.96. The van der Waals surface area contributed by atoms with Crippen molar-refractivity contribution < 1.29 is 4.42 Å². The molecule has 5 heteroatoms. The third-order valence-corrected chi connectivity index (χ3v) is 3.35. The Hall–Kier alpha value is -0.640. The van der Waals surface area contributed by atoms with Crippen LogP contribution in [0.25, 0.3) is 0 Å². The van der Waals surface area contributed by atoms with Gasteiger partial charge in [-0.1, -0.05) is 0 Å². The highest BCUT2D eigenvalue weighted by molar-refractivity contribution is 7.98. The van der Waals surface area contributed by atoms with Crippen LogP contribution in [0.15, 0.2) is 39.8 Å². The molecule has 17 heavy (non-hydrogen) atoms. The molecular formula is C12H13Cl2NOS. The lowest BCUT2D eigenvalue weighted by atomic mass is 10.3. The Morgan fingerprint density at radius 3 is 2.88 bits per heavy atom. The first-order chi connectivity index (χ1) is 7.78. The van der Waals surface area contributed by atoms with Crippen LogP contribution in [0.5, 0.6) is 0 Å². The minimum atomic E-state index is 0. The Balaban J connectivity index is 0.00000144. The molecular weight excluding hydrogens is 277 g/mol. The van der Waals surface area contributed by atoms with Gasteiger partial charge in [-0.25, -0.2) is 0 Å². The number of furan rings is 1. The highest BCUT2D eigenvalue weighted by atomic mass is 35.5. The molecule has 0 aliphatic rings. The summed E-state index contributed by atoms with van der Waals surface area (Å²) in [6.45, 7) is 1.98. The number of hydrogen-bond donors (Lipinski definition) is 0. The lowest BCUT2D eigenvalue weighted by Gasteiger charge is -2.03. The molecule has 2 nitrogen and oxygen atoms in total. The number of aryl methyl sites for hydroxylation is 1. The van der Waals surface area contributed by atoms with Gasteiger partial charge in [-0.15, -0.1) is 35.8 Å². The van der Waals surface area contributed by atoms with Gasteiger partial charge in [0.25, 0.3) is 0 Å². The second-order valence-corrected chi connectivity index (χ2v) is 4.75. The van der Waals surface area contributed by atoms with E-state index in [9.17, 15) is 0 Å². The summed E-state index contributed by atoms with van der Waals surface area (Å²) >= 11 is 7.51. The van der Waals surface area contributed by atoms with E-state index in [0.29, 0.717) is 5.88 Å². The number of rotatable bonds is 4. The summed E-state index contributed by atoms with van der Waals surface area (Å²) in [6.07, 6.45) is 1.69. The zero-order valence-corrected chi connectivity index (χ0v) is 11.7. The molecule has 0 saturated heterocycles. The average Bonchev–Trinajstić information content (AvgIpc) is 2.78. The van der Waals surface area contributed by atoms with Crippen molar-refractivity contribution >= 4 is 35.8 Å². The predicted molar refractivity (Wildman–Crippen MR) is 74.0 cm³/mol. The van der Waals surface area contributed by atoms with Gasteiger partial charge >= 0.3 is 0 Å². The van der Waals surface area contributed by atoms with Gasteiger partial charge < -0.3 is 4.42 Å². The second kappa shape index (κ2) is 6.94. The molecule has 0 radical (unpaired) electrons. The van der Waals surface area contributed by atoms with Crippen LogP contribution >= 0.6 is 35.8 Å². The number of hydrogen-bond acceptors (Lipinski definition) is 3. The molecule has 0 bridgehead atoms. The van der Waals surface area contributed by atoms with Crippen molar-refractivity contribution in [2.75, 3.05) is 0 Å². The van der Waals surface area contributed by atoms with Gasteiger partial charge in [0.15, 0.2) is 0 Å². The molecule has 0 atom stereocenters. The summed E-state index contributed by atoms with van der Waals surface area (Å²) in [5.74, 6) is 2.26. The topological polar surface area (TPSA) is 26.0 Å². The van der Waals surface area contributed by atoms with Gasteiger partial charge in [0.2, 0.25) is 0 Å². The first kappa shape index (κ1) is 14.4. The van der Waals surface area contributed by atoms with Crippen LogP contribution in [0.4, 0.5) is 0 Å². The van der Waals surface area contributed by atoms with Crippen molar-refractivity contribution in [2.45, 2.75) is 23.5 Å². The minimum absolute atomic E-state index is 0. The fraction of sp³-hybridized carbons (Fsp3) is 0.250. The van der Waals surface area contributed by atoms with Crippen molar-refractivity contribution in [2.24, 2.45) is 0 Å². The van der Waals surface area contributed by atoms with Crippen LogP contribution in [-0.2, 0) is 11.6 Å². The number of pyridine rings is 1. The summed E-state index contributed by atoms with van der Waals surface area (Å²) in [4.78, 5) is 5.51. The van der Waals surface area contributed by atoms with Crippen LogP contribution in [0.1, 0.15) is 17.1 Å². The molecule has 0 aliphatic carbocycles. The maximum Gasteiger partial charge on any atom is 0.113 e. The molecule has 92 valence electrons. The zero-order chi connectivity index (χ0) is 11.4. The van der Waals surface area contributed by atoms with Crippen LogP contribution in [-0.4, -0.2) is 4.98 Å². The summed E-state index contributed by atoms with van der Waals surface area (Å²) in [5.41, 5.74) is 1.92. The Morgan fingerprint density at radius 1 is 1.41 bits per heavy atom. The molecule has 2 aromatic rings. The maximum atomic E-state index is 5.78. The largest absolute Gasteiger partial charge is 0.468 e. The van der Waals surface area contributed by atoms with E-state index >= 15 is 0 Å². The first-order valence-electron chi connectivity index (χ1n) is 4.96. The fourth-order valence-corrected chi connectivity index (χ4v) is 2.49. The van der Waals surface area contributed by atoms with Crippen LogP contribution in [0.2, 0.25) is 0 Å². The molecule has 0 fully saturated rings. The summed E-state index contributed by atoms with van der Waals surface area (Å²) < 4.78 is 5.28. The SMILES string of the molecule is Cc1cc(SCc2ccco2)cc(CCl)n1.Cl. The molecule has 0 aromatic carbocycles. The highest BCUT2D eigenvalue weighted by Gasteiger charge is 2.02. The van der Waals surface area contributed by atoms with Gasteiger partial charge in [0, 0.05) is 10.6 Å². The molecule has 2 rings (SSSR count). The Labute approximate surface area is 116 Å². The summed E-state index contributed by atoms with van der Waals surface area (Å²) in [5, 5.41) is 0. The number of aromatic nitrogens is 1. The third-order valence-electron chi connectivity index (χ3n) is 2.08. The Kier molecular flexibility index (Phi) is 5.89.